The van der Waals surface area contributed by atoms with Crippen molar-refractivity contribution in [2.75, 3.05) is 33.9 Å². The zero-order valence-corrected chi connectivity index (χ0v) is 13.0. The van der Waals surface area contributed by atoms with E-state index in [9.17, 15) is 4.79 Å². The van der Waals surface area contributed by atoms with Gasteiger partial charge < -0.3 is 20.1 Å². The summed E-state index contributed by atoms with van der Waals surface area (Å²) >= 11 is 0. The van der Waals surface area contributed by atoms with Gasteiger partial charge in [0.2, 0.25) is 5.91 Å². The fraction of sp³-hybridized carbons (Fsp3) is 0.562. The molecule has 1 unspecified atom stereocenters. The van der Waals surface area contributed by atoms with E-state index >= 15 is 0 Å². The van der Waals surface area contributed by atoms with Crippen molar-refractivity contribution in [2.24, 2.45) is 5.73 Å². The molecule has 1 rings (SSSR count). The summed E-state index contributed by atoms with van der Waals surface area (Å²) < 4.78 is 10.5. The van der Waals surface area contributed by atoms with E-state index in [4.69, 9.17) is 15.2 Å². The van der Waals surface area contributed by atoms with Crippen LogP contribution in [0.5, 0.6) is 5.75 Å². The van der Waals surface area contributed by atoms with Crippen LogP contribution in [0.25, 0.3) is 0 Å². The number of methoxy groups -OCH3 is 1. The first-order chi connectivity index (χ1) is 10.1. The molecule has 0 spiro atoms. The Labute approximate surface area is 127 Å². The molecule has 0 aliphatic rings. The second kappa shape index (κ2) is 10.2. The first-order valence-corrected chi connectivity index (χ1v) is 7.32. The molecule has 0 saturated carbocycles. The van der Waals surface area contributed by atoms with Crippen molar-refractivity contribution >= 4 is 5.91 Å². The van der Waals surface area contributed by atoms with Gasteiger partial charge in [0, 0.05) is 27.3 Å². The van der Waals surface area contributed by atoms with Crippen LogP contribution in [-0.4, -0.2) is 50.8 Å². The number of hydrogen-bond donors (Lipinski definition) is 1. The van der Waals surface area contributed by atoms with E-state index < -0.39 is 6.04 Å². The second-order valence-electron chi connectivity index (χ2n) is 5.02. The lowest BCUT2D eigenvalue weighted by atomic mass is 10.1. The number of carbonyl (C=O) groups is 1. The SMILES string of the molecule is COCCCC(N)C(=O)N(C)CCCOc1ccccc1. The van der Waals surface area contributed by atoms with Crippen molar-refractivity contribution in [1.82, 2.24) is 4.90 Å². The Bertz CT molecular complexity index is 398. The highest BCUT2D eigenvalue weighted by molar-refractivity contribution is 5.81. The molecule has 0 bridgehead atoms. The minimum absolute atomic E-state index is 0.0224. The summed E-state index contributed by atoms with van der Waals surface area (Å²) in [4.78, 5) is 13.7. The highest BCUT2D eigenvalue weighted by Crippen LogP contribution is 2.08. The van der Waals surface area contributed by atoms with E-state index in [0.717, 1.165) is 18.6 Å². The van der Waals surface area contributed by atoms with E-state index in [-0.39, 0.29) is 5.91 Å². The largest absolute Gasteiger partial charge is 0.494 e. The molecule has 0 aliphatic carbocycles. The average Bonchev–Trinajstić information content (AvgIpc) is 2.51. The first-order valence-electron chi connectivity index (χ1n) is 7.32. The average molecular weight is 294 g/mol. The number of rotatable bonds is 10. The maximum atomic E-state index is 12.0. The van der Waals surface area contributed by atoms with Crippen LogP contribution in [0.15, 0.2) is 30.3 Å². The van der Waals surface area contributed by atoms with Gasteiger partial charge in [-0.25, -0.2) is 0 Å². The lowest BCUT2D eigenvalue weighted by Gasteiger charge is -2.21. The number of nitrogens with zero attached hydrogens (tertiary/aromatic N) is 1. The first kappa shape index (κ1) is 17.5. The third kappa shape index (κ3) is 7.11. The summed E-state index contributed by atoms with van der Waals surface area (Å²) in [5.41, 5.74) is 5.88. The predicted molar refractivity (Wildman–Crippen MR) is 83.3 cm³/mol. The monoisotopic (exact) mass is 294 g/mol. The molecular formula is C16H26N2O3. The molecule has 1 aromatic rings. The van der Waals surface area contributed by atoms with E-state index in [1.54, 1.807) is 19.1 Å². The fourth-order valence-electron chi connectivity index (χ4n) is 1.97. The summed E-state index contributed by atoms with van der Waals surface area (Å²) in [6.45, 7) is 1.86. The number of benzene rings is 1. The summed E-state index contributed by atoms with van der Waals surface area (Å²) in [5, 5.41) is 0. The van der Waals surface area contributed by atoms with Crippen molar-refractivity contribution < 1.29 is 14.3 Å². The molecule has 5 heteroatoms. The Balaban J connectivity index is 2.17. The van der Waals surface area contributed by atoms with Crippen LogP contribution in [0.4, 0.5) is 0 Å². The van der Waals surface area contributed by atoms with Gasteiger partial charge in [-0.2, -0.15) is 0 Å². The van der Waals surface area contributed by atoms with Crippen LogP contribution < -0.4 is 10.5 Å². The Kier molecular flexibility index (Phi) is 8.47. The Morgan fingerprint density at radius 2 is 1.95 bits per heavy atom. The van der Waals surface area contributed by atoms with Crippen molar-refractivity contribution in [3.05, 3.63) is 30.3 Å². The maximum absolute atomic E-state index is 12.0. The molecule has 0 fully saturated rings. The molecule has 1 amide bonds. The molecule has 0 heterocycles. The smallest absolute Gasteiger partial charge is 0.239 e. The highest BCUT2D eigenvalue weighted by Gasteiger charge is 2.17. The second-order valence-corrected chi connectivity index (χ2v) is 5.02. The predicted octanol–water partition coefficient (Wildman–Crippen LogP) is 1.67. The highest BCUT2D eigenvalue weighted by atomic mass is 16.5. The molecule has 2 N–H and O–H groups in total. The fourth-order valence-corrected chi connectivity index (χ4v) is 1.97. The third-order valence-electron chi connectivity index (χ3n) is 3.21. The number of nitrogens with two attached hydrogens (primary N) is 1. The van der Waals surface area contributed by atoms with Crippen LogP contribution in [0.2, 0.25) is 0 Å². The molecule has 0 aliphatic heterocycles. The van der Waals surface area contributed by atoms with Crippen LogP contribution in [0.3, 0.4) is 0 Å². The zero-order valence-electron chi connectivity index (χ0n) is 13.0. The zero-order chi connectivity index (χ0) is 15.5. The van der Waals surface area contributed by atoms with Crippen LogP contribution >= 0.6 is 0 Å². The lowest BCUT2D eigenvalue weighted by molar-refractivity contribution is -0.131. The molecule has 0 aromatic heterocycles. The molecule has 1 atom stereocenters. The maximum Gasteiger partial charge on any atom is 0.239 e. The van der Waals surface area contributed by atoms with Gasteiger partial charge >= 0.3 is 0 Å². The molecule has 21 heavy (non-hydrogen) atoms. The van der Waals surface area contributed by atoms with E-state index in [1.165, 1.54) is 0 Å². The van der Waals surface area contributed by atoms with Gasteiger partial charge in [0.15, 0.2) is 0 Å². The normalized spacial score (nSPS) is 12.0. The van der Waals surface area contributed by atoms with Gasteiger partial charge in [-0.3, -0.25) is 4.79 Å². The van der Waals surface area contributed by atoms with Crippen LogP contribution in [0.1, 0.15) is 19.3 Å². The Morgan fingerprint density at radius 1 is 1.24 bits per heavy atom. The van der Waals surface area contributed by atoms with Crippen LogP contribution in [0, 0.1) is 0 Å². The van der Waals surface area contributed by atoms with Gasteiger partial charge in [-0.1, -0.05) is 18.2 Å². The number of ether oxygens (including phenoxy) is 2. The van der Waals surface area contributed by atoms with Gasteiger partial charge in [-0.15, -0.1) is 0 Å². The Hall–Kier alpha value is -1.59. The molecule has 0 saturated heterocycles. The third-order valence-corrected chi connectivity index (χ3v) is 3.21. The number of para-hydroxylation sites is 1. The van der Waals surface area contributed by atoms with Gasteiger partial charge in [0.1, 0.15) is 5.75 Å². The van der Waals surface area contributed by atoms with Crippen molar-refractivity contribution in [2.45, 2.75) is 25.3 Å². The Morgan fingerprint density at radius 3 is 2.62 bits per heavy atom. The van der Waals surface area contributed by atoms with Gasteiger partial charge in [0.25, 0.3) is 0 Å². The summed E-state index contributed by atoms with van der Waals surface area (Å²) in [5.74, 6) is 0.827. The van der Waals surface area contributed by atoms with Crippen molar-refractivity contribution in [3.63, 3.8) is 0 Å². The molecule has 118 valence electrons. The quantitative estimate of drug-likeness (QED) is 0.667. The minimum atomic E-state index is -0.444. The molecular weight excluding hydrogens is 268 g/mol. The number of hydrogen-bond acceptors (Lipinski definition) is 4. The van der Waals surface area contributed by atoms with E-state index in [0.29, 0.717) is 26.2 Å². The lowest BCUT2D eigenvalue weighted by Crippen LogP contribution is -2.42. The molecule has 1 aromatic carbocycles. The summed E-state index contributed by atoms with van der Waals surface area (Å²) in [6, 6.07) is 9.21. The van der Waals surface area contributed by atoms with Gasteiger partial charge in [0.05, 0.1) is 12.6 Å². The number of likely N-dealkylation sites (N-methyl/N-ethyl adjacent to an activating group) is 1. The standard InChI is InChI=1S/C16H26N2O3/c1-18(16(19)15(17)10-6-12-20-2)11-7-13-21-14-8-4-3-5-9-14/h3-5,8-9,15H,6-7,10-13,17H2,1-2H3. The van der Waals surface area contributed by atoms with E-state index in [2.05, 4.69) is 0 Å². The van der Waals surface area contributed by atoms with Crippen molar-refractivity contribution in [1.29, 1.82) is 0 Å². The van der Waals surface area contributed by atoms with Crippen molar-refractivity contribution in [3.8, 4) is 5.75 Å². The molecule has 5 nitrogen and oxygen atoms in total. The topological polar surface area (TPSA) is 64.8 Å². The molecule has 0 radical (unpaired) electrons. The van der Waals surface area contributed by atoms with Crippen LogP contribution in [-0.2, 0) is 9.53 Å². The minimum Gasteiger partial charge on any atom is -0.494 e. The van der Waals surface area contributed by atoms with E-state index in [1.807, 2.05) is 30.3 Å². The number of amides is 1. The number of carbonyl (C=O) groups excluding carboxylic acids is 1. The summed E-state index contributed by atoms with van der Waals surface area (Å²) in [7, 11) is 3.42. The summed E-state index contributed by atoms with van der Waals surface area (Å²) in [6.07, 6.45) is 2.23. The van der Waals surface area contributed by atoms with Gasteiger partial charge in [-0.05, 0) is 31.4 Å².